The average molecular weight is 702 g/mol. The molecule has 0 aromatic heterocycles. The number of aliphatic imine (C=N–C) groups is 1. The van der Waals surface area contributed by atoms with Gasteiger partial charge in [0.15, 0.2) is 11.4 Å². The maximum Gasteiger partial charge on any atom is 0.363 e. The number of esters is 2. The second-order valence-corrected chi connectivity index (χ2v) is 10.3. The summed E-state index contributed by atoms with van der Waals surface area (Å²) in [5.74, 6) is -0.572. The standard InChI is InChI=1S/C24H13Br2ClINO4/c1-12-4-2-3-5-15(12)23(30)32-21-17(25)8-13(9-18(21)26)10-20-24(31)33-22(29-20)16-11-14(28)6-7-19(16)27/h2-11H,1H3/b20-10-. The minimum absolute atomic E-state index is 0.128. The van der Waals surface area contributed by atoms with E-state index in [2.05, 4.69) is 59.4 Å². The molecule has 0 saturated heterocycles. The van der Waals surface area contributed by atoms with E-state index in [0.717, 1.165) is 9.13 Å². The van der Waals surface area contributed by atoms with E-state index >= 15 is 0 Å². The van der Waals surface area contributed by atoms with Gasteiger partial charge in [0, 0.05) is 3.57 Å². The summed E-state index contributed by atoms with van der Waals surface area (Å²) >= 11 is 15.3. The zero-order chi connectivity index (χ0) is 23.7. The molecule has 0 spiro atoms. The molecule has 1 aliphatic rings. The predicted octanol–water partition coefficient (Wildman–Crippen LogP) is 7.34. The van der Waals surface area contributed by atoms with E-state index in [-0.39, 0.29) is 11.6 Å². The zero-order valence-corrected chi connectivity index (χ0v) is 23.0. The molecule has 0 radical (unpaired) electrons. The Kier molecular flexibility index (Phi) is 7.37. The third kappa shape index (κ3) is 5.40. The summed E-state index contributed by atoms with van der Waals surface area (Å²) in [7, 11) is 0. The van der Waals surface area contributed by atoms with Gasteiger partial charge >= 0.3 is 11.9 Å². The molecule has 0 fully saturated rings. The summed E-state index contributed by atoms with van der Waals surface area (Å²) in [6, 6.07) is 16.0. The molecule has 0 atom stereocenters. The van der Waals surface area contributed by atoms with Crippen LogP contribution in [0.1, 0.15) is 27.0 Å². The lowest BCUT2D eigenvalue weighted by molar-refractivity contribution is -0.129. The van der Waals surface area contributed by atoms with Crippen LogP contribution in [0.2, 0.25) is 5.02 Å². The van der Waals surface area contributed by atoms with Crippen LogP contribution in [0.4, 0.5) is 0 Å². The molecule has 1 aliphatic heterocycles. The minimum Gasteiger partial charge on any atom is -0.420 e. The first-order valence-electron chi connectivity index (χ1n) is 9.48. The Labute approximate surface area is 225 Å². The van der Waals surface area contributed by atoms with Gasteiger partial charge in [0.2, 0.25) is 5.90 Å². The Morgan fingerprint density at radius 1 is 1.12 bits per heavy atom. The van der Waals surface area contributed by atoms with Crippen LogP contribution in [-0.2, 0) is 9.53 Å². The van der Waals surface area contributed by atoms with Crippen LogP contribution in [0.15, 0.2) is 74.2 Å². The molecule has 1 heterocycles. The molecule has 33 heavy (non-hydrogen) atoms. The maximum atomic E-state index is 12.6. The van der Waals surface area contributed by atoms with Crippen molar-refractivity contribution in [1.82, 2.24) is 0 Å². The van der Waals surface area contributed by atoms with Crippen LogP contribution in [0.5, 0.6) is 5.75 Å². The first kappa shape index (κ1) is 24.1. The smallest absolute Gasteiger partial charge is 0.363 e. The van der Waals surface area contributed by atoms with Gasteiger partial charge in [-0.2, -0.15) is 0 Å². The summed E-state index contributed by atoms with van der Waals surface area (Å²) in [5, 5.41) is 0.438. The summed E-state index contributed by atoms with van der Waals surface area (Å²) in [6.07, 6.45) is 1.58. The summed E-state index contributed by atoms with van der Waals surface area (Å²) in [5.41, 5.74) is 2.62. The number of aryl methyl sites for hydroxylation is 1. The van der Waals surface area contributed by atoms with Crippen molar-refractivity contribution in [2.75, 3.05) is 0 Å². The lowest BCUT2D eigenvalue weighted by atomic mass is 10.1. The Bertz CT molecular complexity index is 1350. The Hall–Kier alpha value is -2.01. The van der Waals surface area contributed by atoms with Gasteiger partial charge in [-0.3, -0.25) is 0 Å². The van der Waals surface area contributed by atoms with Crippen LogP contribution in [-0.4, -0.2) is 17.8 Å². The number of carbonyl (C=O) groups is 2. The highest BCUT2D eigenvalue weighted by atomic mass is 127. The lowest BCUT2D eigenvalue weighted by Crippen LogP contribution is -2.11. The lowest BCUT2D eigenvalue weighted by Gasteiger charge is -2.11. The quantitative estimate of drug-likeness (QED) is 0.124. The Balaban J connectivity index is 1.62. The van der Waals surface area contributed by atoms with Crippen molar-refractivity contribution in [3.63, 3.8) is 0 Å². The number of halogens is 4. The predicted molar refractivity (Wildman–Crippen MR) is 143 cm³/mol. The number of rotatable bonds is 4. The van der Waals surface area contributed by atoms with Crippen LogP contribution >= 0.6 is 66.1 Å². The van der Waals surface area contributed by atoms with E-state index in [9.17, 15) is 9.59 Å². The molecule has 0 unspecified atom stereocenters. The van der Waals surface area contributed by atoms with Gasteiger partial charge in [0.25, 0.3) is 0 Å². The molecule has 0 saturated carbocycles. The monoisotopic (exact) mass is 699 g/mol. The van der Waals surface area contributed by atoms with Gasteiger partial charge in [-0.1, -0.05) is 29.8 Å². The number of benzene rings is 3. The number of carbonyl (C=O) groups excluding carboxylic acids is 2. The molecular formula is C24H13Br2ClINO4. The number of cyclic esters (lactones) is 1. The van der Waals surface area contributed by atoms with E-state index in [1.807, 2.05) is 25.1 Å². The van der Waals surface area contributed by atoms with Crippen molar-refractivity contribution in [3.05, 3.63) is 100 Å². The van der Waals surface area contributed by atoms with Crippen LogP contribution in [0.25, 0.3) is 6.08 Å². The summed E-state index contributed by atoms with van der Waals surface area (Å²) in [6.45, 7) is 1.84. The molecule has 0 aliphatic carbocycles. The SMILES string of the molecule is Cc1ccccc1C(=O)Oc1c(Br)cc(/C=C2\N=C(c3cc(I)ccc3Cl)OC2=O)cc1Br. The Morgan fingerprint density at radius 2 is 1.82 bits per heavy atom. The van der Waals surface area contributed by atoms with Gasteiger partial charge in [-0.05, 0) is 115 Å². The fourth-order valence-electron chi connectivity index (χ4n) is 3.05. The molecule has 0 N–H and O–H groups in total. The third-order valence-corrected chi connectivity index (χ3v) is 6.84. The fraction of sp³-hybridized carbons (Fsp3) is 0.0417. The van der Waals surface area contributed by atoms with Crippen molar-refractivity contribution in [1.29, 1.82) is 0 Å². The van der Waals surface area contributed by atoms with Gasteiger partial charge in [-0.25, -0.2) is 14.6 Å². The average Bonchev–Trinajstić information content (AvgIpc) is 3.12. The number of ether oxygens (including phenoxy) is 2. The number of hydrogen-bond acceptors (Lipinski definition) is 5. The van der Waals surface area contributed by atoms with E-state index in [0.29, 0.717) is 36.4 Å². The van der Waals surface area contributed by atoms with Crippen molar-refractivity contribution < 1.29 is 19.1 Å². The van der Waals surface area contributed by atoms with Crippen molar-refractivity contribution in [2.45, 2.75) is 6.92 Å². The molecule has 5 nitrogen and oxygen atoms in total. The van der Waals surface area contributed by atoms with Gasteiger partial charge in [-0.15, -0.1) is 0 Å². The third-order valence-electron chi connectivity index (χ3n) is 4.66. The van der Waals surface area contributed by atoms with Crippen LogP contribution in [0.3, 0.4) is 0 Å². The molecule has 4 rings (SSSR count). The molecule has 0 amide bonds. The molecule has 9 heteroatoms. The van der Waals surface area contributed by atoms with E-state index in [4.69, 9.17) is 21.1 Å². The van der Waals surface area contributed by atoms with Gasteiger partial charge < -0.3 is 9.47 Å². The molecular weight excluding hydrogens is 688 g/mol. The van der Waals surface area contributed by atoms with Crippen molar-refractivity contribution >= 4 is 90.0 Å². The number of nitrogens with zero attached hydrogens (tertiary/aromatic N) is 1. The highest BCUT2D eigenvalue weighted by molar-refractivity contribution is 14.1. The van der Waals surface area contributed by atoms with Crippen LogP contribution < -0.4 is 4.74 Å². The van der Waals surface area contributed by atoms with Gasteiger partial charge in [0.1, 0.15) is 0 Å². The first-order chi connectivity index (χ1) is 15.7. The molecule has 3 aromatic rings. The second-order valence-electron chi connectivity index (χ2n) is 6.98. The van der Waals surface area contributed by atoms with Crippen molar-refractivity contribution in [3.8, 4) is 5.75 Å². The summed E-state index contributed by atoms with van der Waals surface area (Å²) < 4.78 is 12.9. The van der Waals surface area contributed by atoms with E-state index in [1.165, 1.54) is 0 Å². The van der Waals surface area contributed by atoms with Gasteiger partial charge in [0.05, 0.1) is 25.1 Å². The molecule has 166 valence electrons. The summed E-state index contributed by atoms with van der Waals surface area (Å²) in [4.78, 5) is 29.3. The van der Waals surface area contributed by atoms with Crippen LogP contribution in [0, 0.1) is 10.5 Å². The first-order valence-corrected chi connectivity index (χ1v) is 12.5. The van der Waals surface area contributed by atoms with E-state index < -0.39 is 11.9 Å². The highest BCUT2D eigenvalue weighted by Crippen LogP contribution is 2.36. The second kappa shape index (κ2) is 10.1. The zero-order valence-electron chi connectivity index (χ0n) is 16.9. The Morgan fingerprint density at radius 3 is 2.52 bits per heavy atom. The van der Waals surface area contributed by atoms with E-state index in [1.54, 1.807) is 42.5 Å². The number of hydrogen-bond donors (Lipinski definition) is 0. The largest absolute Gasteiger partial charge is 0.420 e. The topological polar surface area (TPSA) is 65.0 Å². The minimum atomic E-state index is -0.581. The maximum absolute atomic E-state index is 12.6. The molecule has 0 bridgehead atoms. The fourth-order valence-corrected chi connectivity index (χ4v) is 5.13. The molecule has 3 aromatic carbocycles. The van der Waals surface area contributed by atoms with Crippen molar-refractivity contribution in [2.24, 2.45) is 4.99 Å². The normalized spacial score (nSPS) is 14.3. The highest BCUT2D eigenvalue weighted by Gasteiger charge is 2.26.